The molecule has 1 atom stereocenters. The van der Waals surface area contributed by atoms with Crippen LogP contribution in [0.1, 0.15) is 13.3 Å². The van der Waals surface area contributed by atoms with Gasteiger partial charge in [-0.05, 0) is 6.42 Å². The molecule has 0 bridgehead atoms. The number of alkyl halides is 3. The summed E-state index contributed by atoms with van der Waals surface area (Å²) in [5.41, 5.74) is -5.57. The quantitative estimate of drug-likeness (QED) is 0.431. The van der Waals surface area contributed by atoms with Crippen LogP contribution in [-0.2, 0) is 23.8 Å². The first kappa shape index (κ1) is 12.8. The fraction of sp³-hybridized carbons (Fsp3) is 0.571. The summed E-state index contributed by atoms with van der Waals surface area (Å²) in [7, 11) is -5.81. The lowest BCUT2D eigenvalue weighted by atomic mass is 10.3. The van der Waals surface area contributed by atoms with Gasteiger partial charge in [0.25, 0.3) is 0 Å². The molecule has 0 spiro atoms. The van der Waals surface area contributed by atoms with Gasteiger partial charge in [-0.15, -0.1) is 0 Å². The van der Waals surface area contributed by atoms with E-state index in [0.717, 1.165) is 6.08 Å². The molecule has 1 heterocycles. The van der Waals surface area contributed by atoms with Crippen molar-refractivity contribution in [3.63, 3.8) is 0 Å². The van der Waals surface area contributed by atoms with E-state index in [-0.39, 0.29) is 0 Å². The van der Waals surface area contributed by atoms with Crippen molar-refractivity contribution >= 4 is 16.1 Å². The third-order valence-corrected chi connectivity index (χ3v) is 2.65. The van der Waals surface area contributed by atoms with E-state index in [2.05, 4.69) is 8.92 Å². The Kier molecular flexibility index (Phi) is 3.17. The maximum atomic E-state index is 11.9. The zero-order chi connectivity index (χ0) is 12.6. The topological polar surface area (TPSA) is 69.7 Å². The number of hydrogen-bond donors (Lipinski definition) is 0. The summed E-state index contributed by atoms with van der Waals surface area (Å²) < 4.78 is 64.9. The normalized spacial score (nSPS) is 21.6. The molecule has 16 heavy (non-hydrogen) atoms. The zero-order valence-corrected chi connectivity index (χ0v) is 8.76. The number of halogens is 3. The molecule has 0 aliphatic carbocycles. The molecule has 0 radical (unpaired) electrons. The van der Waals surface area contributed by atoms with Crippen LogP contribution in [0, 0.1) is 0 Å². The highest BCUT2D eigenvalue weighted by Crippen LogP contribution is 2.28. The van der Waals surface area contributed by atoms with Gasteiger partial charge in [0.2, 0.25) is 5.76 Å². The molecule has 5 nitrogen and oxygen atoms in total. The molecule has 0 saturated carbocycles. The minimum atomic E-state index is -5.81. The maximum Gasteiger partial charge on any atom is 0.534 e. The van der Waals surface area contributed by atoms with Crippen molar-refractivity contribution in [2.24, 2.45) is 0 Å². The van der Waals surface area contributed by atoms with E-state index < -0.39 is 33.5 Å². The standard InChI is InChI=1S/C7H7F3O5S/c1-2-4-3-5(6(11)14-4)15-16(12,13)7(8,9)10/h3-4H,2H2,1H3/t4-/m1/s1. The van der Waals surface area contributed by atoms with Crippen LogP contribution in [0.15, 0.2) is 11.8 Å². The van der Waals surface area contributed by atoms with Crippen LogP contribution in [0.2, 0.25) is 0 Å². The Labute approximate surface area is 89.0 Å². The van der Waals surface area contributed by atoms with E-state index in [1.165, 1.54) is 0 Å². The molecule has 1 aliphatic rings. The van der Waals surface area contributed by atoms with Gasteiger partial charge in [0.1, 0.15) is 6.10 Å². The predicted molar refractivity (Wildman–Crippen MR) is 44.3 cm³/mol. The third-order valence-electron chi connectivity index (χ3n) is 1.68. The van der Waals surface area contributed by atoms with Crippen LogP contribution in [0.25, 0.3) is 0 Å². The van der Waals surface area contributed by atoms with E-state index in [1.54, 1.807) is 6.92 Å². The van der Waals surface area contributed by atoms with Gasteiger partial charge in [0.05, 0.1) is 0 Å². The lowest BCUT2D eigenvalue weighted by Gasteiger charge is -2.07. The monoisotopic (exact) mass is 260 g/mol. The maximum absolute atomic E-state index is 11.9. The van der Waals surface area contributed by atoms with Crippen LogP contribution in [0.4, 0.5) is 13.2 Å². The molecule has 0 unspecified atom stereocenters. The van der Waals surface area contributed by atoms with Gasteiger partial charge in [0, 0.05) is 6.08 Å². The summed E-state index contributed by atoms with van der Waals surface area (Å²) in [6, 6.07) is 0. The molecular formula is C7H7F3O5S. The van der Waals surface area contributed by atoms with Gasteiger partial charge >= 0.3 is 21.6 Å². The van der Waals surface area contributed by atoms with Gasteiger partial charge < -0.3 is 8.92 Å². The summed E-state index contributed by atoms with van der Waals surface area (Å²) in [6.07, 6.45) is 0.446. The highest BCUT2D eigenvalue weighted by molar-refractivity contribution is 7.87. The predicted octanol–water partition coefficient (Wildman–Crippen LogP) is 1.07. The molecule has 0 aromatic carbocycles. The molecule has 0 aromatic heterocycles. The van der Waals surface area contributed by atoms with E-state index in [9.17, 15) is 26.4 Å². The SMILES string of the molecule is CC[C@@H]1C=C(OS(=O)(=O)C(F)(F)F)C(=O)O1. The second kappa shape index (κ2) is 3.96. The van der Waals surface area contributed by atoms with Crippen molar-refractivity contribution < 1.29 is 35.3 Å². The molecule has 0 N–H and O–H groups in total. The second-order valence-corrected chi connectivity index (χ2v) is 4.40. The van der Waals surface area contributed by atoms with Crippen molar-refractivity contribution in [1.29, 1.82) is 0 Å². The number of carbonyl (C=O) groups excluding carboxylic acids is 1. The molecular weight excluding hydrogens is 253 g/mol. The molecule has 92 valence electrons. The molecule has 0 saturated heterocycles. The zero-order valence-electron chi connectivity index (χ0n) is 7.95. The number of ether oxygens (including phenoxy) is 1. The number of rotatable bonds is 3. The Morgan fingerprint density at radius 2 is 2.06 bits per heavy atom. The van der Waals surface area contributed by atoms with Crippen LogP contribution < -0.4 is 0 Å². The summed E-state index contributed by atoms with van der Waals surface area (Å²) in [4.78, 5) is 10.9. The smallest absolute Gasteiger partial charge is 0.452 e. The Morgan fingerprint density at radius 1 is 1.50 bits per heavy atom. The Morgan fingerprint density at radius 3 is 2.44 bits per heavy atom. The molecule has 0 amide bonds. The lowest BCUT2D eigenvalue weighted by molar-refractivity contribution is -0.141. The van der Waals surface area contributed by atoms with Crippen molar-refractivity contribution in [3.8, 4) is 0 Å². The van der Waals surface area contributed by atoms with Crippen LogP contribution in [0.5, 0.6) is 0 Å². The van der Waals surface area contributed by atoms with Gasteiger partial charge in [-0.25, -0.2) is 4.79 Å². The van der Waals surface area contributed by atoms with Crippen LogP contribution >= 0.6 is 0 Å². The second-order valence-electron chi connectivity index (χ2n) is 2.87. The average Bonchev–Trinajstić information content (AvgIpc) is 2.44. The van der Waals surface area contributed by atoms with E-state index in [1.807, 2.05) is 0 Å². The molecule has 0 aromatic rings. The average molecular weight is 260 g/mol. The third kappa shape index (κ3) is 2.46. The fourth-order valence-electron chi connectivity index (χ4n) is 0.895. The van der Waals surface area contributed by atoms with Crippen molar-refractivity contribution in [2.45, 2.75) is 25.0 Å². The van der Waals surface area contributed by atoms with Crippen molar-refractivity contribution in [3.05, 3.63) is 11.8 Å². The number of carbonyl (C=O) groups is 1. The highest BCUT2D eigenvalue weighted by atomic mass is 32.2. The first-order chi connectivity index (χ1) is 7.17. The molecule has 9 heteroatoms. The highest BCUT2D eigenvalue weighted by Gasteiger charge is 2.50. The fourth-order valence-corrected chi connectivity index (χ4v) is 1.35. The largest absolute Gasteiger partial charge is 0.534 e. The first-order valence-corrected chi connectivity index (χ1v) is 5.51. The summed E-state index contributed by atoms with van der Waals surface area (Å²) in [5.74, 6) is -2.18. The van der Waals surface area contributed by atoms with E-state index in [4.69, 9.17) is 0 Å². The van der Waals surface area contributed by atoms with Crippen LogP contribution in [-0.4, -0.2) is 26.0 Å². The Hall–Kier alpha value is -1.25. The summed E-state index contributed by atoms with van der Waals surface area (Å²) in [6.45, 7) is 1.61. The van der Waals surface area contributed by atoms with Gasteiger partial charge in [-0.2, -0.15) is 21.6 Å². The Balaban J connectivity index is 2.88. The summed E-state index contributed by atoms with van der Waals surface area (Å²) >= 11 is 0. The minimum Gasteiger partial charge on any atom is -0.452 e. The van der Waals surface area contributed by atoms with Crippen LogP contribution in [0.3, 0.4) is 0 Å². The Bertz CT molecular complexity index is 422. The van der Waals surface area contributed by atoms with Crippen molar-refractivity contribution in [2.75, 3.05) is 0 Å². The summed E-state index contributed by atoms with van der Waals surface area (Å²) in [5, 5.41) is 0. The lowest BCUT2D eigenvalue weighted by Crippen LogP contribution is -2.26. The van der Waals surface area contributed by atoms with Gasteiger partial charge in [-0.3, -0.25) is 0 Å². The number of hydrogen-bond acceptors (Lipinski definition) is 5. The molecule has 0 fully saturated rings. The molecule has 1 aliphatic heterocycles. The van der Waals surface area contributed by atoms with Gasteiger partial charge in [0.15, 0.2) is 0 Å². The number of esters is 1. The number of cyclic esters (lactones) is 1. The van der Waals surface area contributed by atoms with Gasteiger partial charge in [-0.1, -0.05) is 6.92 Å². The van der Waals surface area contributed by atoms with E-state index >= 15 is 0 Å². The van der Waals surface area contributed by atoms with E-state index in [0.29, 0.717) is 6.42 Å². The van der Waals surface area contributed by atoms with Crippen molar-refractivity contribution in [1.82, 2.24) is 0 Å². The minimum absolute atomic E-state index is 0.310. The first-order valence-electron chi connectivity index (χ1n) is 4.11. The molecule has 1 rings (SSSR count).